The van der Waals surface area contributed by atoms with Crippen molar-refractivity contribution in [3.05, 3.63) is 28.8 Å². The summed E-state index contributed by atoms with van der Waals surface area (Å²) in [6, 6.07) is 4.27. The molecule has 0 saturated carbocycles. The molecule has 0 spiro atoms. The van der Waals surface area contributed by atoms with Gasteiger partial charge in [0.1, 0.15) is 0 Å². The van der Waals surface area contributed by atoms with Gasteiger partial charge in [-0.05, 0) is 44.1 Å². The number of hydrogen-bond acceptors (Lipinski definition) is 4. The maximum atomic E-state index is 12.6. The number of carbonyl (C=O) groups is 1. The number of halogens is 1. The van der Waals surface area contributed by atoms with Crippen LogP contribution in [0.2, 0.25) is 5.02 Å². The van der Waals surface area contributed by atoms with Gasteiger partial charge in [-0.3, -0.25) is 4.79 Å². The zero-order chi connectivity index (χ0) is 18.4. The molecule has 1 aliphatic heterocycles. The van der Waals surface area contributed by atoms with Crippen molar-refractivity contribution in [1.29, 1.82) is 0 Å². The Hall–Kier alpha value is -1.15. The van der Waals surface area contributed by atoms with Gasteiger partial charge in [0.15, 0.2) is 0 Å². The molecular weight excluding hydrogens is 362 g/mol. The Morgan fingerprint density at radius 3 is 2.48 bits per heavy atom. The van der Waals surface area contributed by atoms with Crippen LogP contribution in [0.15, 0.2) is 23.1 Å². The molecular formula is C17H26ClN3O3S. The number of hydrogen-bond donors (Lipinski definition) is 1. The smallest absolute Gasteiger partial charge is 0.252 e. The fourth-order valence-corrected chi connectivity index (χ4v) is 4.67. The molecule has 1 amide bonds. The summed E-state index contributed by atoms with van der Waals surface area (Å²) in [5.74, 6) is -0.346. The first-order valence-corrected chi connectivity index (χ1v) is 10.5. The zero-order valence-electron chi connectivity index (χ0n) is 14.8. The number of sulfonamides is 1. The van der Waals surface area contributed by atoms with Gasteiger partial charge in [-0.1, -0.05) is 25.4 Å². The molecule has 0 aromatic heterocycles. The highest BCUT2D eigenvalue weighted by molar-refractivity contribution is 7.89. The van der Waals surface area contributed by atoms with Crippen LogP contribution in [0.3, 0.4) is 0 Å². The van der Waals surface area contributed by atoms with Crippen LogP contribution in [-0.2, 0) is 10.0 Å². The molecule has 0 unspecified atom stereocenters. The molecule has 1 aliphatic rings. The SMILES string of the molecule is CCN(CC)S(=O)(=O)c1ccc(Cl)c(C(=O)NCCN2CCCC2)c1. The van der Waals surface area contributed by atoms with Crippen LogP contribution in [-0.4, -0.2) is 62.8 Å². The van der Waals surface area contributed by atoms with Crippen molar-refractivity contribution in [2.75, 3.05) is 39.3 Å². The zero-order valence-corrected chi connectivity index (χ0v) is 16.4. The Balaban J connectivity index is 2.10. The number of likely N-dealkylation sites (tertiary alicyclic amines) is 1. The van der Waals surface area contributed by atoms with Gasteiger partial charge >= 0.3 is 0 Å². The minimum atomic E-state index is -3.62. The Morgan fingerprint density at radius 2 is 1.88 bits per heavy atom. The van der Waals surface area contributed by atoms with E-state index in [-0.39, 0.29) is 21.4 Å². The highest BCUT2D eigenvalue weighted by Crippen LogP contribution is 2.23. The highest BCUT2D eigenvalue weighted by Gasteiger charge is 2.24. The predicted molar refractivity (Wildman–Crippen MR) is 99.6 cm³/mol. The van der Waals surface area contributed by atoms with E-state index in [9.17, 15) is 13.2 Å². The summed E-state index contributed by atoms with van der Waals surface area (Å²) >= 11 is 6.11. The van der Waals surface area contributed by atoms with Crippen molar-refractivity contribution in [3.63, 3.8) is 0 Å². The predicted octanol–water partition coefficient (Wildman–Crippen LogP) is 2.20. The van der Waals surface area contributed by atoms with Gasteiger partial charge in [-0.25, -0.2) is 8.42 Å². The summed E-state index contributed by atoms with van der Waals surface area (Å²) in [5.41, 5.74) is 0.191. The van der Waals surface area contributed by atoms with Crippen molar-refractivity contribution in [3.8, 4) is 0 Å². The molecule has 0 atom stereocenters. The molecule has 1 aromatic carbocycles. The van der Waals surface area contributed by atoms with Gasteiger partial charge in [-0.2, -0.15) is 4.31 Å². The van der Waals surface area contributed by atoms with Gasteiger partial charge in [0.2, 0.25) is 10.0 Å². The van der Waals surface area contributed by atoms with E-state index in [1.54, 1.807) is 13.8 Å². The third-order valence-corrected chi connectivity index (χ3v) is 6.81. The fourth-order valence-electron chi connectivity index (χ4n) is 2.98. The first kappa shape index (κ1) is 20.2. The van der Waals surface area contributed by atoms with Crippen LogP contribution in [0.5, 0.6) is 0 Å². The number of nitrogens with one attached hydrogen (secondary N) is 1. The average Bonchev–Trinajstić information content (AvgIpc) is 3.09. The molecule has 1 fully saturated rings. The summed E-state index contributed by atoms with van der Waals surface area (Å²) in [4.78, 5) is 14.8. The van der Waals surface area contributed by atoms with Crippen LogP contribution in [0.25, 0.3) is 0 Å². The van der Waals surface area contributed by atoms with E-state index in [1.165, 1.54) is 35.3 Å². The molecule has 0 radical (unpaired) electrons. The van der Waals surface area contributed by atoms with Crippen LogP contribution >= 0.6 is 11.6 Å². The van der Waals surface area contributed by atoms with Crippen molar-refractivity contribution >= 4 is 27.5 Å². The summed E-state index contributed by atoms with van der Waals surface area (Å²) in [6.07, 6.45) is 2.40. The third-order valence-electron chi connectivity index (χ3n) is 4.44. The first-order valence-electron chi connectivity index (χ1n) is 8.70. The monoisotopic (exact) mass is 387 g/mol. The Morgan fingerprint density at radius 1 is 1.24 bits per heavy atom. The molecule has 1 saturated heterocycles. The second-order valence-corrected chi connectivity index (χ2v) is 8.38. The lowest BCUT2D eigenvalue weighted by Gasteiger charge is -2.19. The van der Waals surface area contributed by atoms with Gasteiger partial charge in [0.25, 0.3) is 5.91 Å². The quantitative estimate of drug-likeness (QED) is 0.742. The molecule has 140 valence electrons. The third kappa shape index (κ3) is 4.94. The molecule has 1 aromatic rings. The normalized spacial score (nSPS) is 15.7. The van der Waals surface area contributed by atoms with Gasteiger partial charge in [-0.15, -0.1) is 0 Å². The standard InChI is InChI=1S/C17H26ClN3O3S/c1-3-21(4-2)25(23,24)14-7-8-16(18)15(13-14)17(22)19-9-12-20-10-5-6-11-20/h7-8,13H,3-6,9-12H2,1-2H3,(H,19,22). The number of rotatable bonds is 8. The molecule has 1 N–H and O–H groups in total. The van der Waals surface area contributed by atoms with Gasteiger partial charge in [0, 0.05) is 26.2 Å². The van der Waals surface area contributed by atoms with Crippen molar-refractivity contribution in [1.82, 2.24) is 14.5 Å². The van der Waals surface area contributed by atoms with Crippen LogP contribution in [0.1, 0.15) is 37.0 Å². The van der Waals surface area contributed by atoms with E-state index in [2.05, 4.69) is 10.2 Å². The van der Waals surface area contributed by atoms with Crippen LogP contribution in [0, 0.1) is 0 Å². The number of nitrogens with zero attached hydrogens (tertiary/aromatic N) is 2. The number of amides is 1. The number of carbonyl (C=O) groups excluding carboxylic acids is 1. The van der Waals surface area contributed by atoms with Gasteiger partial charge < -0.3 is 10.2 Å². The second kappa shape index (κ2) is 8.98. The Kier molecular flexibility index (Phi) is 7.25. The molecule has 25 heavy (non-hydrogen) atoms. The minimum absolute atomic E-state index is 0.0882. The molecule has 0 aliphatic carbocycles. The molecule has 1 heterocycles. The highest BCUT2D eigenvalue weighted by atomic mass is 35.5. The summed E-state index contributed by atoms with van der Waals surface area (Å²) < 4.78 is 26.6. The van der Waals surface area contributed by atoms with E-state index in [0.29, 0.717) is 19.6 Å². The van der Waals surface area contributed by atoms with Gasteiger partial charge in [0.05, 0.1) is 15.5 Å². The lowest BCUT2D eigenvalue weighted by molar-refractivity contribution is 0.0949. The molecule has 8 heteroatoms. The largest absolute Gasteiger partial charge is 0.351 e. The molecule has 6 nitrogen and oxygen atoms in total. The molecule has 0 bridgehead atoms. The first-order chi connectivity index (χ1) is 11.9. The van der Waals surface area contributed by atoms with Crippen molar-refractivity contribution < 1.29 is 13.2 Å². The maximum Gasteiger partial charge on any atom is 0.252 e. The number of benzene rings is 1. The average molecular weight is 388 g/mol. The maximum absolute atomic E-state index is 12.6. The molecule has 2 rings (SSSR count). The van der Waals surface area contributed by atoms with E-state index in [1.807, 2.05) is 0 Å². The van der Waals surface area contributed by atoms with Crippen molar-refractivity contribution in [2.24, 2.45) is 0 Å². The van der Waals surface area contributed by atoms with Crippen molar-refractivity contribution in [2.45, 2.75) is 31.6 Å². The second-order valence-electron chi connectivity index (χ2n) is 6.04. The summed E-state index contributed by atoms with van der Waals surface area (Å²) in [6.45, 7) is 7.75. The van der Waals surface area contributed by atoms with E-state index in [0.717, 1.165) is 19.6 Å². The Bertz CT molecular complexity index is 699. The van der Waals surface area contributed by atoms with Crippen LogP contribution < -0.4 is 5.32 Å². The summed E-state index contributed by atoms with van der Waals surface area (Å²) in [5, 5.41) is 3.08. The summed E-state index contributed by atoms with van der Waals surface area (Å²) in [7, 11) is -3.62. The lowest BCUT2D eigenvalue weighted by Crippen LogP contribution is -2.34. The Labute approximate surface area is 155 Å². The van der Waals surface area contributed by atoms with E-state index >= 15 is 0 Å². The fraction of sp³-hybridized carbons (Fsp3) is 0.588. The van der Waals surface area contributed by atoms with E-state index < -0.39 is 10.0 Å². The topological polar surface area (TPSA) is 69.7 Å². The van der Waals surface area contributed by atoms with Crippen LogP contribution in [0.4, 0.5) is 0 Å². The van der Waals surface area contributed by atoms with E-state index in [4.69, 9.17) is 11.6 Å². The minimum Gasteiger partial charge on any atom is -0.351 e. The lowest BCUT2D eigenvalue weighted by atomic mass is 10.2.